The van der Waals surface area contributed by atoms with Gasteiger partial charge in [-0.2, -0.15) is 0 Å². The molecule has 1 unspecified atom stereocenters. The standard InChI is InChI=1S/C14H21NO/c1-11(16-2)7-14(10-15)8-12-5-3-4-6-13(12)9-14/h3-6,11H,7-10,15H2,1-2H3. The molecule has 1 aliphatic carbocycles. The maximum Gasteiger partial charge on any atom is 0.0549 e. The zero-order chi connectivity index (χ0) is 11.6. The van der Waals surface area contributed by atoms with Crippen LogP contribution in [-0.2, 0) is 17.6 Å². The Kier molecular flexibility index (Phi) is 3.31. The normalized spacial score (nSPS) is 19.4. The summed E-state index contributed by atoms with van der Waals surface area (Å²) in [6.07, 6.45) is 3.55. The van der Waals surface area contributed by atoms with Crippen molar-refractivity contribution < 1.29 is 4.74 Å². The monoisotopic (exact) mass is 219 g/mol. The lowest BCUT2D eigenvalue weighted by molar-refractivity contribution is 0.0694. The van der Waals surface area contributed by atoms with Crippen molar-refractivity contribution in [3.63, 3.8) is 0 Å². The van der Waals surface area contributed by atoms with Crippen LogP contribution in [0.5, 0.6) is 0 Å². The summed E-state index contributed by atoms with van der Waals surface area (Å²) in [7, 11) is 1.77. The molecule has 2 nitrogen and oxygen atoms in total. The van der Waals surface area contributed by atoms with E-state index in [1.54, 1.807) is 7.11 Å². The van der Waals surface area contributed by atoms with Gasteiger partial charge >= 0.3 is 0 Å². The number of hydrogen-bond donors (Lipinski definition) is 1. The Bertz CT molecular complexity index is 337. The molecule has 0 bridgehead atoms. The molecule has 2 heteroatoms. The van der Waals surface area contributed by atoms with Gasteiger partial charge in [-0.15, -0.1) is 0 Å². The van der Waals surface area contributed by atoms with E-state index in [0.29, 0.717) is 0 Å². The topological polar surface area (TPSA) is 35.2 Å². The van der Waals surface area contributed by atoms with Gasteiger partial charge in [-0.3, -0.25) is 0 Å². The van der Waals surface area contributed by atoms with Gasteiger partial charge < -0.3 is 10.5 Å². The van der Waals surface area contributed by atoms with E-state index in [-0.39, 0.29) is 11.5 Å². The van der Waals surface area contributed by atoms with Crippen LogP contribution in [0, 0.1) is 5.41 Å². The first-order valence-corrected chi connectivity index (χ1v) is 5.99. The van der Waals surface area contributed by atoms with Gasteiger partial charge in [0, 0.05) is 7.11 Å². The average molecular weight is 219 g/mol. The molecule has 1 atom stereocenters. The average Bonchev–Trinajstić information content (AvgIpc) is 2.67. The smallest absolute Gasteiger partial charge is 0.0549 e. The van der Waals surface area contributed by atoms with Gasteiger partial charge in [-0.1, -0.05) is 24.3 Å². The van der Waals surface area contributed by atoms with Crippen LogP contribution in [0.15, 0.2) is 24.3 Å². The van der Waals surface area contributed by atoms with Crippen molar-refractivity contribution in [2.24, 2.45) is 11.1 Å². The molecule has 16 heavy (non-hydrogen) atoms. The maximum atomic E-state index is 6.00. The van der Waals surface area contributed by atoms with Crippen LogP contribution in [0.1, 0.15) is 24.5 Å². The van der Waals surface area contributed by atoms with Gasteiger partial charge in [0.2, 0.25) is 0 Å². The Labute approximate surface area is 97.8 Å². The highest BCUT2D eigenvalue weighted by atomic mass is 16.5. The summed E-state index contributed by atoms with van der Waals surface area (Å²) in [6, 6.07) is 8.69. The molecular weight excluding hydrogens is 198 g/mol. The highest BCUT2D eigenvalue weighted by Crippen LogP contribution is 2.39. The zero-order valence-corrected chi connectivity index (χ0v) is 10.2. The maximum absolute atomic E-state index is 6.00. The molecule has 0 spiro atoms. The number of methoxy groups -OCH3 is 1. The third-order valence-electron chi connectivity index (χ3n) is 3.81. The highest BCUT2D eigenvalue weighted by Gasteiger charge is 2.36. The summed E-state index contributed by atoms with van der Waals surface area (Å²) >= 11 is 0. The number of hydrogen-bond acceptors (Lipinski definition) is 2. The van der Waals surface area contributed by atoms with E-state index < -0.39 is 0 Å². The zero-order valence-electron chi connectivity index (χ0n) is 10.2. The fraction of sp³-hybridized carbons (Fsp3) is 0.571. The van der Waals surface area contributed by atoms with Crippen molar-refractivity contribution in [2.75, 3.05) is 13.7 Å². The quantitative estimate of drug-likeness (QED) is 0.842. The lowest BCUT2D eigenvalue weighted by atomic mass is 9.80. The summed E-state index contributed by atoms with van der Waals surface area (Å²) in [6.45, 7) is 2.87. The predicted octanol–water partition coefficient (Wildman–Crippen LogP) is 2.16. The second kappa shape index (κ2) is 4.56. The lowest BCUT2D eigenvalue weighted by Gasteiger charge is -2.29. The molecule has 0 aliphatic heterocycles. The summed E-state index contributed by atoms with van der Waals surface area (Å²) < 4.78 is 5.38. The third-order valence-corrected chi connectivity index (χ3v) is 3.81. The van der Waals surface area contributed by atoms with E-state index in [1.165, 1.54) is 11.1 Å². The Balaban J connectivity index is 2.16. The SMILES string of the molecule is COC(C)CC1(CN)Cc2ccccc2C1. The first-order valence-electron chi connectivity index (χ1n) is 5.99. The molecule has 1 aliphatic rings. The van der Waals surface area contributed by atoms with E-state index in [4.69, 9.17) is 10.5 Å². The molecule has 88 valence electrons. The molecule has 1 aromatic carbocycles. The van der Waals surface area contributed by atoms with Crippen LogP contribution < -0.4 is 5.73 Å². The molecule has 2 N–H and O–H groups in total. The molecule has 0 amide bonds. The molecular formula is C14H21NO. The largest absolute Gasteiger partial charge is 0.382 e. The van der Waals surface area contributed by atoms with Gasteiger partial charge in [-0.25, -0.2) is 0 Å². The lowest BCUT2D eigenvalue weighted by Crippen LogP contribution is -2.34. The molecule has 1 aromatic rings. The second-order valence-corrected chi connectivity index (χ2v) is 5.08. The van der Waals surface area contributed by atoms with Gasteiger partial charge in [0.25, 0.3) is 0 Å². The van der Waals surface area contributed by atoms with Crippen LogP contribution in [-0.4, -0.2) is 19.8 Å². The van der Waals surface area contributed by atoms with Crippen molar-refractivity contribution >= 4 is 0 Å². The predicted molar refractivity (Wildman–Crippen MR) is 66.4 cm³/mol. The minimum atomic E-state index is 0.221. The minimum absolute atomic E-state index is 0.221. The second-order valence-electron chi connectivity index (χ2n) is 5.08. The Morgan fingerprint density at radius 2 is 1.88 bits per heavy atom. The van der Waals surface area contributed by atoms with Gasteiger partial charge in [0.05, 0.1) is 6.10 Å². The Hall–Kier alpha value is -0.860. The third kappa shape index (κ3) is 2.13. The fourth-order valence-corrected chi connectivity index (χ4v) is 2.84. The van der Waals surface area contributed by atoms with Crippen LogP contribution in [0.3, 0.4) is 0 Å². The summed E-state index contributed by atoms with van der Waals surface area (Å²) in [5.74, 6) is 0. The molecule has 0 saturated heterocycles. The summed E-state index contributed by atoms with van der Waals surface area (Å²) in [5.41, 5.74) is 9.15. The van der Waals surface area contributed by atoms with Crippen LogP contribution in [0.2, 0.25) is 0 Å². The van der Waals surface area contributed by atoms with Crippen molar-refractivity contribution in [2.45, 2.75) is 32.3 Å². The van der Waals surface area contributed by atoms with Gasteiger partial charge in [-0.05, 0) is 49.3 Å². The molecule has 0 radical (unpaired) electrons. The first-order chi connectivity index (χ1) is 7.69. The van der Waals surface area contributed by atoms with E-state index in [0.717, 1.165) is 25.8 Å². The number of rotatable bonds is 4. The highest BCUT2D eigenvalue weighted by molar-refractivity contribution is 5.34. The van der Waals surface area contributed by atoms with Crippen molar-refractivity contribution in [3.05, 3.63) is 35.4 Å². The Morgan fingerprint density at radius 3 is 2.31 bits per heavy atom. The number of nitrogens with two attached hydrogens (primary N) is 1. The molecule has 0 fully saturated rings. The van der Waals surface area contributed by atoms with E-state index >= 15 is 0 Å². The van der Waals surface area contributed by atoms with Crippen LogP contribution >= 0.6 is 0 Å². The van der Waals surface area contributed by atoms with E-state index in [1.807, 2.05) is 0 Å². The molecule has 0 aromatic heterocycles. The van der Waals surface area contributed by atoms with Crippen molar-refractivity contribution in [1.82, 2.24) is 0 Å². The summed E-state index contributed by atoms with van der Waals surface area (Å²) in [4.78, 5) is 0. The number of benzene rings is 1. The minimum Gasteiger partial charge on any atom is -0.382 e. The van der Waals surface area contributed by atoms with Crippen molar-refractivity contribution in [3.8, 4) is 0 Å². The van der Waals surface area contributed by atoms with Crippen LogP contribution in [0.25, 0.3) is 0 Å². The molecule has 0 heterocycles. The molecule has 2 rings (SSSR count). The van der Waals surface area contributed by atoms with Gasteiger partial charge in [0.15, 0.2) is 0 Å². The number of ether oxygens (including phenoxy) is 1. The number of fused-ring (bicyclic) bond motifs is 1. The first kappa shape index (κ1) is 11.6. The fourth-order valence-electron chi connectivity index (χ4n) is 2.84. The van der Waals surface area contributed by atoms with Crippen molar-refractivity contribution in [1.29, 1.82) is 0 Å². The Morgan fingerprint density at radius 1 is 1.31 bits per heavy atom. The van der Waals surface area contributed by atoms with E-state index in [2.05, 4.69) is 31.2 Å². The van der Waals surface area contributed by atoms with Gasteiger partial charge in [0.1, 0.15) is 0 Å². The van der Waals surface area contributed by atoms with E-state index in [9.17, 15) is 0 Å². The molecule has 0 saturated carbocycles. The van der Waals surface area contributed by atoms with Crippen LogP contribution in [0.4, 0.5) is 0 Å². The summed E-state index contributed by atoms with van der Waals surface area (Å²) in [5, 5.41) is 0.